The zero-order valence-electron chi connectivity index (χ0n) is 11.8. The monoisotopic (exact) mass is 324 g/mol. The Bertz CT molecular complexity index is 710. The molecule has 0 bridgehead atoms. The number of nitrogens with zero attached hydrogens (tertiary/aromatic N) is 4. The predicted octanol–water partition coefficient (Wildman–Crippen LogP) is 2.17. The predicted molar refractivity (Wildman–Crippen MR) is 71.1 cm³/mol. The molecule has 0 amide bonds. The Morgan fingerprint density at radius 1 is 1.35 bits per heavy atom. The summed E-state index contributed by atoms with van der Waals surface area (Å²) in [6.45, 7) is 0.232. The number of pyridine rings is 1. The minimum atomic E-state index is -4.71. The second kappa shape index (κ2) is 5.76. The molecule has 1 N–H and O–H groups in total. The van der Waals surface area contributed by atoms with Gasteiger partial charge < -0.3 is 10.0 Å². The molecule has 9 heteroatoms. The van der Waals surface area contributed by atoms with E-state index in [1.165, 1.54) is 11.0 Å². The van der Waals surface area contributed by atoms with Crippen molar-refractivity contribution in [3.05, 3.63) is 23.5 Å². The Morgan fingerprint density at radius 3 is 2.39 bits per heavy atom. The number of aliphatic carboxylic acids is 1. The number of anilines is 1. The summed E-state index contributed by atoms with van der Waals surface area (Å²) < 4.78 is 38.8. The highest BCUT2D eigenvalue weighted by atomic mass is 19.4. The van der Waals surface area contributed by atoms with Crippen LogP contribution < -0.4 is 4.90 Å². The maximum absolute atomic E-state index is 12.9. The molecule has 1 fully saturated rings. The third kappa shape index (κ3) is 3.04. The molecular weight excluding hydrogens is 313 g/mol. The lowest BCUT2D eigenvalue weighted by atomic mass is 9.80. The van der Waals surface area contributed by atoms with E-state index in [0.717, 1.165) is 12.3 Å². The Kier molecular flexibility index (Phi) is 4.15. The van der Waals surface area contributed by atoms with Gasteiger partial charge >= 0.3 is 12.1 Å². The Labute approximate surface area is 129 Å². The third-order valence-electron chi connectivity index (χ3n) is 3.89. The van der Waals surface area contributed by atoms with Gasteiger partial charge in [-0.3, -0.25) is 4.79 Å². The average molecular weight is 324 g/mol. The van der Waals surface area contributed by atoms with Crippen molar-refractivity contribution >= 4 is 11.7 Å². The molecule has 120 valence electrons. The molecule has 0 spiro atoms. The summed E-state index contributed by atoms with van der Waals surface area (Å²) in [5.41, 5.74) is -3.21. The highest BCUT2D eigenvalue weighted by molar-refractivity contribution is 5.78. The van der Waals surface area contributed by atoms with Gasteiger partial charge in [-0.25, -0.2) is 4.98 Å². The fourth-order valence-corrected chi connectivity index (χ4v) is 2.45. The van der Waals surface area contributed by atoms with Gasteiger partial charge in [0.25, 0.3) is 0 Å². The van der Waals surface area contributed by atoms with Crippen LogP contribution in [0, 0.1) is 28.1 Å². The van der Waals surface area contributed by atoms with E-state index in [4.69, 9.17) is 15.6 Å². The summed E-state index contributed by atoms with van der Waals surface area (Å²) in [7, 11) is 0. The molecule has 0 saturated carbocycles. The first kappa shape index (κ1) is 16.6. The van der Waals surface area contributed by atoms with E-state index < -0.39 is 28.8 Å². The van der Waals surface area contributed by atoms with Gasteiger partial charge in [-0.05, 0) is 18.9 Å². The van der Waals surface area contributed by atoms with Gasteiger partial charge in [0.05, 0.1) is 23.5 Å². The number of rotatable bonds is 2. The van der Waals surface area contributed by atoms with Crippen LogP contribution in [0.15, 0.2) is 12.3 Å². The summed E-state index contributed by atoms with van der Waals surface area (Å²) in [6.07, 6.45) is -3.56. The van der Waals surface area contributed by atoms with Crippen LogP contribution in [0.5, 0.6) is 0 Å². The average Bonchev–Trinajstić information content (AvgIpc) is 2.53. The SMILES string of the molecule is N#Cc1ncc(N2CCC(C#N)(C(=O)O)CC2)cc1C(F)(F)F. The fourth-order valence-electron chi connectivity index (χ4n) is 2.45. The van der Waals surface area contributed by atoms with Crippen molar-refractivity contribution in [1.29, 1.82) is 10.5 Å². The molecule has 1 aliphatic heterocycles. The van der Waals surface area contributed by atoms with Crippen LogP contribution in [0.25, 0.3) is 0 Å². The quantitative estimate of drug-likeness (QED) is 0.894. The van der Waals surface area contributed by atoms with Crippen molar-refractivity contribution in [2.75, 3.05) is 18.0 Å². The number of carboxylic acids is 1. The molecule has 0 atom stereocenters. The van der Waals surface area contributed by atoms with Crippen molar-refractivity contribution in [3.8, 4) is 12.1 Å². The van der Waals surface area contributed by atoms with Gasteiger partial charge in [0.15, 0.2) is 11.1 Å². The number of nitriles is 2. The van der Waals surface area contributed by atoms with Gasteiger partial charge in [-0.15, -0.1) is 0 Å². The first-order valence-electron chi connectivity index (χ1n) is 6.60. The second-order valence-corrected chi connectivity index (χ2v) is 5.19. The fraction of sp³-hybridized carbons (Fsp3) is 0.429. The highest BCUT2D eigenvalue weighted by Gasteiger charge is 2.42. The maximum Gasteiger partial charge on any atom is 0.419 e. The summed E-state index contributed by atoms with van der Waals surface area (Å²) >= 11 is 0. The van der Waals surface area contributed by atoms with Crippen LogP contribution in [0.1, 0.15) is 24.1 Å². The summed E-state index contributed by atoms with van der Waals surface area (Å²) in [6, 6.07) is 4.00. The number of hydrogen-bond acceptors (Lipinski definition) is 5. The number of aromatic nitrogens is 1. The number of alkyl halides is 3. The maximum atomic E-state index is 12.9. The lowest BCUT2D eigenvalue weighted by molar-refractivity contribution is -0.146. The minimum Gasteiger partial charge on any atom is -0.480 e. The molecule has 0 unspecified atom stereocenters. The third-order valence-corrected chi connectivity index (χ3v) is 3.89. The van der Waals surface area contributed by atoms with Crippen molar-refractivity contribution in [2.45, 2.75) is 19.0 Å². The first-order valence-corrected chi connectivity index (χ1v) is 6.60. The van der Waals surface area contributed by atoms with E-state index in [1.807, 2.05) is 0 Å². The van der Waals surface area contributed by atoms with Crippen LogP contribution >= 0.6 is 0 Å². The Morgan fingerprint density at radius 2 is 1.96 bits per heavy atom. The standard InChI is InChI=1S/C14H11F3N4O2/c15-14(16,17)10-5-9(7-20-11(10)6-18)21-3-1-13(8-19,2-4-21)12(22)23/h5,7H,1-4H2,(H,22,23). The number of hydrogen-bond donors (Lipinski definition) is 1. The zero-order valence-corrected chi connectivity index (χ0v) is 11.8. The molecule has 0 aromatic carbocycles. The molecule has 2 rings (SSSR count). The largest absolute Gasteiger partial charge is 0.480 e. The van der Waals surface area contributed by atoms with E-state index in [0.29, 0.717) is 0 Å². The zero-order chi connectivity index (χ0) is 17.3. The van der Waals surface area contributed by atoms with Crippen LogP contribution in [0.2, 0.25) is 0 Å². The van der Waals surface area contributed by atoms with E-state index in [9.17, 15) is 18.0 Å². The van der Waals surface area contributed by atoms with Gasteiger partial charge in [0.2, 0.25) is 0 Å². The molecule has 1 aromatic rings. The minimum absolute atomic E-state index is 0.000184. The lowest BCUT2D eigenvalue weighted by Gasteiger charge is -2.36. The molecule has 2 heterocycles. The van der Waals surface area contributed by atoms with Crippen molar-refractivity contribution in [1.82, 2.24) is 4.98 Å². The van der Waals surface area contributed by atoms with E-state index in [1.54, 1.807) is 6.07 Å². The number of carbonyl (C=O) groups is 1. The number of carboxylic acid groups (broad SMARTS) is 1. The van der Waals surface area contributed by atoms with Gasteiger partial charge in [-0.2, -0.15) is 23.7 Å². The summed E-state index contributed by atoms with van der Waals surface area (Å²) in [4.78, 5) is 16.2. The topological polar surface area (TPSA) is 101 Å². The molecule has 23 heavy (non-hydrogen) atoms. The molecule has 0 radical (unpaired) electrons. The lowest BCUT2D eigenvalue weighted by Crippen LogP contribution is -2.43. The van der Waals surface area contributed by atoms with E-state index in [2.05, 4.69) is 4.98 Å². The molecule has 1 aromatic heterocycles. The first-order chi connectivity index (χ1) is 10.7. The van der Waals surface area contributed by atoms with Crippen molar-refractivity contribution in [2.24, 2.45) is 5.41 Å². The Balaban J connectivity index is 2.28. The van der Waals surface area contributed by atoms with Gasteiger partial charge in [0.1, 0.15) is 6.07 Å². The molecule has 6 nitrogen and oxygen atoms in total. The van der Waals surface area contributed by atoms with Crippen molar-refractivity contribution < 1.29 is 23.1 Å². The summed E-state index contributed by atoms with van der Waals surface area (Å²) in [5, 5.41) is 26.9. The van der Waals surface area contributed by atoms with E-state index >= 15 is 0 Å². The van der Waals surface area contributed by atoms with E-state index in [-0.39, 0.29) is 31.6 Å². The smallest absolute Gasteiger partial charge is 0.419 e. The molecule has 0 aliphatic carbocycles. The van der Waals surface area contributed by atoms with Crippen LogP contribution in [-0.2, 0) is 11.0 Å². The summed E-state index contributed by atoms with van der Waals surface area (Å²) in [5.74, 6) is -1.23. The highest BCUT2D eigenvalue weighted by Crippen LogP contribution is 2.36. The number of piperidine rings is 1. The normalized spacial score (nSPS) is 17.2. The molecule has 1 aliphatic rings. The van der Waals surface area contributed by atoms with Crippen LogP contribution in [0.4, 0.5) is 18.9 Å². The molecule has 1 saturated heterocycles. The number of halogens is 3. The van der Waals surface area contributed by atoms with Gasteiger partial charge in [0, 0.05) is 13.1 Å². The second-order valence-electron chi connectivity index (χ2n) is 5.19. The van der Waals surface area contributed by atoms with Crippen molar-refractivity contribution in [3.63, 3.8) is 0 Å². The van der Waals surface area contributed by atoms with Crippen LogP contribution in [0.3, 0.4) is 0 Å². The Hall–Kier alpha value is -2.81. The van der Waals surface area contributed by atoms with Gasteiger partial charge in [-0.1, -0.05) is 0 Å². The molecular formula is C14H11F3N4O2. The van der Waals surface area contributed by atoms with Crippen LogP contribution in [-0.4, -0.2) is 29.1 Å².